The standard InChI is InChI=1S/C21H38N4O3S/c1-18(2)29(27,28)25-13-8-21(9-14-25)7-12-24(17-21)20(26)23-11-4-10-22(15-16-23)19-5-3-6-19/h18-19H,3-17H2,1-2H3. The van der Waals surface area contributed by atoms with Crippen LogP contribution < -0.4 is 0 Å². The lowest BCUT2D eigenvalue weighted by Crippen LogP contribution is -2.48. The number of hydrogen-bond donors (Lipinski definition) is 0. The fraction of sp³-hybridized carbons (Fsp3) is 0.952. The first-order chi connectivity index (χ1) is 13.8. The number of hydrogen-bond acceptors (Lipinski definition) is 4. The highest BCUT2D eigenvalue weighted by atomic mass is 32.2. The molecule has 3 saturated heterocycles. The molecule has 7 nitrogen and oxygen atoms in total. The first-order valence-electron chi connectivity index (χ1n) is 11.6. The fourth-order valence-electron chi connectivity index (χ4n) is 5.47. The predicted octanol–water partition coefficient (Wildman–Crippen LogP) is 2.19. The maximum absolute atomic E-state index is 13.2. The maximum Gasteiger partial charge on any atom is 0.320 e. The minimum Gasteiger partial charge on any atom is -0.324 e. The zero-order valence-corrected chi connectivity index (χ0v) is 19.0. The molecule has 166 valence electrons. The molecule has 0 radical (unpaired) electrons. The minimum atomic E-state index is -3.17. The summed E-state index contributed by atoms with van der Waals surface area (Å²) in [5.74, 6) is 0. The highest BCUT2D eigenvalue weighted by molar-refractivity contribution is 7.89. The number of rotatable bonds is 3. The zero-order valence-electron chi connectivity index (χ0n) is 18.2. The summed E-state index contributed by atoms with van der Waals surface area (Å²) >= 11 is 0. The van der Waals surface area contributed by atoms with Gasteiger partial charge >= 0.3 is 6.03 Å². The lowest BCUT2D eigenvalue weighted by Gasteiger charge is -2.39. The first-order valence-corrected chi connectivity index (χ1v) is 13.1. The molecule has 1 aliphatic carbocycles. The quantitative estimate of drug-likeness (QED) is 0.694. The number of amides is 2. The molecular formula is C21H38N4O3S. The third kappa shape index (κ3) is 4.30. The number of piperidine rings is 1. The van der Waals surface area contributed by atoms with Crippen LogP contribution in [0.25, 0.3) is 0 Å². The van der Waals surface area contributed by atoms with E-state index in [1.807, 2.05) is 4.90 Å². The van der Waals surface area contributed by atoms with Gasteiger partial charge in [0.15, 0.2) is 0 Å². The highest BCUT2D eigenvalue weighted by Gasteiger charge is 2.45. The summed E-state index contributed by atoms with van der Waals surface area (Å²) in [7, 11) is -3.17. The summed E-state index contributed by atoms with van der Waals surface area (Å²) in [6.07, 6.45) is 7.84. The molecule has 3 heterocycles. The molecule has 4 fully saturated rings. The van der Waals surface area contributed by atoms with Gasteiger partial charge in [-0.2, -0.15) is 0 Å². The van der Waals surface area contributed by atoms with Gasteiger partial charge in [-0.15, -0.1) is 0 Å². The van der Waals surface area contributed by atoms with Crippen molar-refractivity contribution in [3.8, 4) is 0 Å². The smallest absolute Gasteiger partial charge is 0.320 e. The van der Waals surface area contributed by atoms with Crippen LogP contribution in [0.3, 0.4) is 0 Å². The van der Waals surface area contributed by atoms with Gasteiger partial charge in [-0.3, -0.25) is 4.90 Å². The summed E-state index contributed by atoms with van der Waals surface area (Å²) in [6.45, 7) is 10.2. The lowest BCUT2D eigenvalue weighted by atomic mass is 9.78. The minimum absolute atomic E-state index is 0.114. The average molecular weight is 427 g/mol. The van der Waals surface area contributed by atoms with Crippen molar-refractivity contribution >= 4 is 16.1 Å². The van der Waals surface area contributed by atoms with E-state index < -0.39 is 10.0 Å². The van der Waals surface area contributed by atoms with E-state index in [1.54, 1.807) is 18.2 Å². The Bertz CT molecular complexity index is 699. The normalized spacial score (nSPS) is 27.4. The molecule has 4 rings (SSSR count). The Morgan fingerprint density at radius 1 is 0.862 bits per heavy atom. The molecule has 0 aromatic rings. The molecule has 0 atom stereocenters. The van der Waals surface area contributed by atoms with Crippen molar-refractivity contribution in [2.45, 2.75) is 70.1 Å². The van der Waals surface area contributed by atoms with Crippen molar-refractivity contribution in [2.24, 2.45) is 5.41 Å². The van der Waals surface area contributed by atoms with Crippen LogP contribution >= 0.6 is 0 Å². The molecule has 3 aliphatic heterocycles. The Labute approximate surface area is 176 Å². The van der Waals surface area contributed by atoms with Gasteiger partial charge in [0.2, 0.25) is 10.0 Å². The predicted molar refractivity (Wildman–Crippen MR) is 114 cm³/mol. The Kier molecular flexibility index (Phi) is 6.15. The second-order valence-electron chi connectivity index (χ2n) is 9.91. The van der Waals surface area contributed by atoms with Crippen LogP contribution in [0.4, 0.5) is 4.79 Å². The highest BCUT2D eigenvalue weighted by Crippen LogP contribution is 2.41. The molecule has 8 heteroatoms. The topological polar surface area (TPSA) is 64.2 Å². The zero-order chi connectivity index (χ0) is 20.6. The Hall–Kier alpha value is -0.860. The van der Waals surface area contributed by atoms with Crippen LogP contribution in [-0.4, -0.2) is 97.1 Å². The Morgan fingerprint density at radius 2 is 1.55 bits per heavy atom. The van der Waals surface area contributed by atoms with Crippen molar-refractivity contribution in [1.29, 1.82) is 0 Å². The summed E-state index contributed by atoms with van der Waals surface area (Å²) in [4.78, 5) is 19.9. The van der Waals surface area contributed by atoms with Crippen LogP contribution in [-0.2, 0) is 10.0 Å². The van der Waals surface area contributed by atoms with Crippen molar-refractivity contribution in [3.05, 3.63) is 0 Å². The van der Waals surface area contributed by atoms with Gasteiger partial charge in [0, 0.05) is 58.4 Å². The van der Waals surface area contributed by atoms with Crippen molar-refractivity contribution in [3.63, 3.8) is 0 Å². The molecule has 0 unspecified atom stereocenters. The van der Waals surface area contributed by atoms with Crippen LogP contribution in [0.15, 0.2) is 0 Å². The van der Waals surface area contributed by atoms with Crippen molar-refractivity contribution < 1.29 is 13.2 Å². The van der Waals surface area contributed by atoms with E-state index in [-0.39, 0.29) is 16.7 Å². The van der Waals surface area contributed by atoms with Gasteiger partial charge in [0.25, 0.3) is 0 Å². The molecule has 0 aromatic heterocycles. The van der Waals surface area contributed by atoms with Crippen LogP contribution in [0, 0.1) is 5.41 Å². The fourth-order valence-corrected chi connectivity index (χ4v) is 6.75. The van der Waals surface area contributed by atoms with Gasteiger partial charge < -0.3 is 9.80 Å². The molecule has 0 N–H and O–H groups in total. The SMILES string of the molecule is CC(C)S(=O)(=O)N1CCC2(CCN(C(=O)N3CCCN(C4CCC4)CC3)C2)CC1. The van der Waals surface area contributed by atoms with E-state index in [2.05, 4.69) is 9.80 Å². The molecule has 29 heavy (non-hydrogen) atoms. The van der Waals surface area contributed by atoms with Crippen molar-refractivity contribution in [1.82, 2.24) is 19.0 Å². The second kappa shape index (κ2) is 8.35. The van der Waals surface area contributed by atoms with E-state index in [4.69, 9.17) is 0 Å². The third-order valence-corrected chi connectivity index (χ3v) is 10.1. The molecule has 4 aliphatic rings. The van der Waals surface area contributed by atoms with E-state index in [1.165, 1.54) is 19.3 Å². The second-order valence-corrected chi connectivity index (χ2v) is 12.4. The number of carbonyl (C=O) groups excluding carboxylic acids is 1. The average Bonchev–Trinajstić information content (AvgIpc) is 2.90. The maximum atomic E-state index is 13.2. The number of carbonyl (C=O) groups is 1. The molecule has 1 saturated carbocycles. The van der Waals surface area contributed by atoms with E-state index in [0.29, 0.717) is 13.1 Å². The number of likely N-dealkylation sites (tertiary alicyclic amines) is 1. The van der Waals surface area contributed by atoms with Gasteiger partial charge in [-0.05, 0) is 57.8 Å². The molecule has 0 bridgehead atoms. The summed E-state index contributed by atoms with van der Waals surface area (Å²) in [6, 6.07) is 0.960. The van der Waals surface area contributed by atoms with E-state index in [9.17, 15) is 13.2 Å². The molecule has 2 amide bonds. The third-order valence-electron chi connectivity index (χ3n) is 7.84. The summed E-state index contributed by atoms with van der Waals surface area (Å²) < 4.78 is 26.6. The van der Waals surface area contributed by atoms with Crippen LogP contribution in [0.5, 0.6) is 0 Å². The summed E-state index contributed by atoms with van der Waals surface area (Å²) in [5.41, 5.74) is 0.114. The van der Waals surface area contributed by atoms with Crippen LogP contribution in [0.1, 0.15) is 58.8 Å². The Morgan fingerprint density at radius 3 is 2.17 bits per heavy atom. The van der Waals surface area contributed by atoms with E-state index >= 15 is 0 Å². The van der Waals surface area contributed by atoms with Gasteiger partial charge in [-0.1, -0.05) is 6.42 Å². The van der Waals surface area contributed by atoms with Crippen molar-refractivity contribution in [2.75, 3.05) is 52.4 Å². The number of urea groups is 1. The van der Waals surface area contributed by atoms with Gasteiger partial charge in [-0.25, -0.2) is 17.5 Å². The first kappa shape index (κ1) is 21.4. The van der Waals surface area contributed by atoms with E-state index in [0.717, 1.165) is 71.0 Å². The molecule has 1 spiro atoms. The largest absolute Gasteiger partial charge is 0.324 e. The lowest BCUT2D eigenvalue weighted by molar-refractivity contribution is 0.124. The van der Waals surface area contributed by atoms with Gasteiger partial charge in [0.1, 0.15) is 0 Å². The van der Waals surface area contributed by atoms with Crippen LogP contribution in [0.2, 0.25) is 0 Å². The Balaban J connectivity index is 1.30. The van der Waals surface area contributed by atoms with Gasteiger partial charge in [0.05, 0.1) is 5.25 Å². The summed E-state index contributed by atoms with van der Waals surface area (Å²) in [5, 5.41) is -0.360. The molecular weight excluding hydrogens is 388 g/mol. The number of nitrogens with zero attached hydrogens (tertiary/aromatic N) is 4. The number of sulfonamides is 1. The molecule has 0 aromatic carbocycles. The monoisotopic (exact) mass is 426 g/mol.